The summed E-state index contributed by atoms with van der Waals surface area (Å²) in [6.45, 7) is 14.8. The Morgan fingerprint density at radius 1 is 0.962 bits per heavy atom. The smallest absolute Gasteiger partial charge is 0.101 e. The second-order valence-electron chi connectivity index (χ2n) is 6.78. The first-order valence-corrected chi connectivity index (χ1v) is 9.81. The van der Waals surface area contributed by atoms with Crippen LogP contribution < -0.4 is 10.2 Å². The second kappa shape index (κ2) is 15.5. The summed E-state index contributed by atoms with van der Waals surface area (Å²) in [5, 5.41) is 37.3. The number of carbonyl (C=O) groups excluding carboxylic acids is 2. The maximum atomic E-state index is 9.89. The van der Waals surface area contributed by atoms with Crippen molar-refractivity contribution >= 4 is 11.9 Å². The van der Waals surface area contributed by atoms with E-state index in [4.69, 9.17) is 16.8 Å². The molecule has 0 bridgehead atoms. The van der Waals surface area contributed by atoms with Crippen LogP contribution in [0.2, 0.25) is 0 Å². The maximum absolute atomic E-state index is 9.89. The molecular formula is C17H34O8Ti. The minimum absolute atomic E-state index is 0.176. The average molecular weight is 414 g/mol. The van der Waals surface area contributed by atoms with Gasteiger partial charge in [-0.1, -0.05) is 13.8 Å². The van der Waals surface area contributed by atoms with E-state index in [1.807, 2.05) is 13.8 Å². The van der Waals surface area contributed by atoms with Crippen LogP contribution in [0.1, 0.15) is 68.2 Å². The molecule has 0 aromatic heterocycles. The number of carboxylic acids is 2. The van der Waals surface area contributed by atoms with E-state index < -0.39 is 43.1 Å². The van der Waals surface area contributed by atoms with Gasteiger partial charge in [0.15, 0.2) is 0 Å². The minimum Gasteiger partial charge on any atom is -0.547 e. The van der Waals surface area contributed by atoms with Gasteiger partial charge in [-0.2, -0.15) is 0 Å². The van der Waals surface area contributed by atoms with Crippen molar-refractivity contribution in [1.82, 2.24) is 0 Å². The molecule has 0 aliphatic rings. The van der Waals surface area contributed by atoms with Crippen LogP contribution in [0.3, 0.4) is 0 Å². The third-order valence-corrected chi connectivity index (χ3v) is 4.35. The van der Waals surface area contributed by atoms with Crippen LogP contribution >= 0.6 is 0 Å². The van der Waals surface area contributed by atoms with Crippen LogP contribution in [0.25, 0.3) is 0 Å². The zero-order chi connectivity index (χ0) is 21.6. The molecule has 0 spiro atoms. The van der Waals surface area contributed by atoms with Crippen molar-refractivity contribution in [2.45, 2.75) is 85.5 Å². The van der Waals surface area contributed by atoms with E-state index >= 15 is 0 Å². The van der Waals surface area contributed by atoms with Crippen LogP contribution in [0.5, 0.6) is 0 Å². The number of rotatable bonds is 9. The number of carbonyl (C=O) groups is 2. The van der Waals surface area contributed by atoms with E-state index in [-0.39, 0.29) is 12.8 Å². The predicted molar refractivity (Wildman–Crippen MR) is 88.9 cm³/mol. The molecule has 8 nitrogen and oxygen atoms in total. The summed E-state index contributed by atoms with van der Waals surface area (Å²) >= 11 is -0.568. The first-order chi connectivity index (χ1) is 11.6. The number of hydrogen-bond acceptors (Lipinski definition) is 8. The summed E-state index contributed by atoms with van der Waals surface area (Å²) in [5.41, 5.74) is -3.31. The van der Waals surface area contributed by atoms with Crippen molar-refractivity contribution < 1.29 is 56.6 Å². The molecule has 0 aromatic rings. The van der Waals surface area contributed by atoms with Gasteiger partial charge in [0, 0.05) is 0 Å². The summed E-state index contributed by atoms with van der Waals surface area (Å²) in [7, 11) is 0. The van der Waals surface area contributed by atoms with Gasteiger partial charge in [-0.15, -0.1) is 0 Å². The van der Waals surface area contributed by atoms with Crippen LogP contribution in [0.4, 0.5) is 0 Å². The van der Waals surface area contributed by atoms with E-state index in [0.717, 1.165) is 6.61 Å². The molecule has 0 amide bonds. The Morgan fingerprint density at radius 2 is 1.31 bits per heavy atom. The van der Waals surface area contributed by atoms with Crippen molar-refractivity contribution in [3.8, 4) is 0 Å². The van der Waals surface area contributed by atoms with Crippen molar-refractivity contribution in [3.63, 3.8) is 0 Å². The standard InChI is InChI=1S/2C5H10O3.C4H9O.C3H7O.Ti/c2*1-3-5(2,8)4(6)7;1-4(2)3-5;1-3(2)4;/h2*8H,3H2,1-2H3,(H,6,7);4H,3H2,1-2H3;3H,1-2H3;/q;;2*-1;+4/p-2. The van der Waals surface area contributed by atoms with Crippen LogP contribution in [0, 0.1) is 5.92 Å². The largest absolute Gasteiger partial charge is 0.547 e. The first-order valence-electron chi connectivity index (χ1n) is 8.54. The summed E-state index contributed by atoms with van der Waals surface area (Å²) in [6.07, 6.45) is 0.678. The monoisotopic (exact) mass is 414 g/mol. The Hall–Kier alpha value is -0.506. The van der Waals surface area contributed by atoms with Crippen LogP contribution in [-0.4, -0.2) is 46.1 Å². The number of hydrogen-bond donors (Lipinski definition) is 2. The number of aliphatic carboxylic acids is 2. The molecular weight excluding hydrogens is 380 g/mol. The molecule has 0 rings (SSSR count). The number of carboxylic acid groups (broad SMARTS) is 2. The molecule has 0 radical (unpaired) electrons. The molecule has 0 fully saturated rings. The average Bonchev–Trinajstić information content (AvgIpc) is 2.52. The first kappa shape index (κ1) is 30.2. The predicted octanol–water partition coefficient (Wildman–Crippen LogP) is -0.209. The molecule has 26 heavy (non-hydrogen) atoms. The van der Waals surface area contributed by atoms with E-state index in [2.05, 4.69) is 13.8 Å². The summed E-state index contributed by atoms with van der Waals surface area (Å²) in [6, 6.07) is 0. The fraction of sp³-hybridized carbons (Fsp3) is 0.882. The SMILES string of the molecule is CC(C)C[O][Ti+2][O]C(C)C.CCC(C)(O)C(=O)[O-].CCC(C)(O)C(=O)[O-]. The quantitative estimate of drug-likeness (QED) is 0.390. The summed E-state index contributed by atoms with van der Waals surface area (Å²) in [5.74, 6) is -2.21. The van der Waals surface area contributed by atoms with Gasteiger partial charge in [-0.05, 0) is 26.7 Å². The molecule has 0 saturated heterocycles. The molecule has 0 heterocycles. The normalized spacial score (nSPS) is 14.8. The van der Waals surface area contributed by atoms with E-state index in [0.29, 0.717) is 12.0 Å². The third-order valence-electron chi connectivity index (χ3n) is 3.02. The molecule has 2 unspecified atom stereocenters. The fourth-order valence-corrected chi connectivity index (χ4v) is 1.65. The number of aliphatic hydroxyl groups is 2. The summed E-state index contributed by atoms with van der Waals surface area (Å²) in [4.78, 5) is 19.8. The molecule has 0 aliphatic heterocycles. The van der Waals surface area contributed by atoms with Gasteiger partial charge in [-0.25, -0.2) is 0 Å². The minimum atomic E-state index is -1.65. The second-order valence-corrected chi connectivity index (χ2v) is 7.86. The van der Waals surface area contributed by atoms with Gasteiger partial charge in [0.25, 0.3) is 0 Å². The van der Waals surface area contributed by atoms with Gasteiger partial charge < -0.3 is 30.0 Å². The van der Waals surface area contributed by atoms with Crippen LogP contribution in [0.15, 0.2) is 0 Å². The molecule has 9 heteroatoms. The Bertz CT molecular complexity index is 345. The van der Waals surface area contributed by atoms with Crippen molar-refractivity contribution in [3.05, 3.63) is 0 Å². The Balaban J connectivity index is -0.000000308. The van der Waals surface area contributed by atoms with E-state index in [9.17, 15) is 19.8 Å². The third kappa shape index (κ3) is 19.8. The van der Waals surface area contributed by atoms with Crippen molar-refractivity contribution in [2.24, 2.45) is 5.92 Å². The zero-order valence-corrected chi connectivity index (χ0v) is 18.7. The van der Waals surface area contributed by atoms with Crippen LogP contribution in [-0.2, 0) is 36.2 Å². The molecule has 2 N–H and O–H groups in total. The molecule has 0 aliphatic carbocycles. The zero-order valence-electron chi connectivity index (χ0n) is 17.1. The maximum Gasteiger partial charge on any atom is 0.101 e. The van der Waals surface area contributed by atoms with Gasteiger partial charge in [-0.3, -0.25) is 0 Å². The van der Waals surface area contributed by atoms with Gasteiger partial charge in [0.1, 0.15) is 11.2 Å². The molecule has 154 valence electrons. The van der Waals surface area contributed by atoms with E-state index in [1.54, 1.807) is 13.8 Å². The fourth-order valence-electron chi connectivity index (χ4n) is 0.620. The van der Waals surface area contributed by atoms with Gasteiger partial charge >= 0.3 is 72.9 Å². The molecule has 0 saturated carbocycles. The molecule has 0 aromatic carbocycles. The van der Waals surface area contributed by atoms with Gasteiger partial charge in [0.2, 0.25) is 0 Å². The van der Waals surface area contributed by atoms with E-state index in [1.165, 1.54) is 13.8 Å². The Kier molecular flexibility index (Phi) is 18.1. The topological polar surface area (TPSA) is 139 Å². The summed E-state index contributed by atoms with van der Waals surface area (Å²) < 4.78 is 10.6. The van der Waals surface area contributed by atoms with Crippen molar-refractivity contribution in [1.29, 1.82) is 0 Å². The van der Waals surface area contributed by atoms with Crippen molar-refractivity contribution in [2.75, 3.05) is 6.61 Å². The molecule has 2 atom stereocenters. The Labute approximate surface area is 166 Å². The van der Waals surface area contributed by atoms with Gasteiger partial charge in [0.05, 0.1) is 11.9 Å². The Morgan fingerprint density at radius 3 is 1.46 bits per heavy atom.